The third-order valence-corrected chi connectivity index (χ3v) is 3.86. The van der Waals surface area contributed by atoms with Crippen LogP contribution in [0.25, 0.3) is 0 Å². The van der Waals surface area contributed by atoms with Crippen molar-refractivity contribution in [3.63, 3.8) is 0 Å². The van der Waals surface area contributed by atoms with Crippen molar-refractivity contribution in [1.29, 1.82) is 0 Å². The standard InChI is InChI=1S/C17H32N2O2/c1-5-14-10-6-7-11-15(14)18-12-8-9-13-19-16(20)21-17(2,3)4/h8-9,14-15,18H,5-7,10-13H2,1-4H3,(H,19,20)/b9-8+. The van der Waals surface area contributed by atoms with Crippen LogP contribution in [0.2, 0.25) is 0 Å². The van der Waals surface area contributed by atoms with Gasteiger partial charge >= 0.3 is 6.09 Å². The van der Waals surface area contributed by atoms with Gasteiger partial charge in [0.25, 0.3) is 0 Å². The molecule has 0 aliphatic heterocycles. The lowest BCUT2D eigenvalue weighted by Crippen LogP contribution is -2.38. The van der Waals surface area contributed by atoms with Crippen LogP contribution in [-0.4, -0.2) is 30.8 Å². The van der Waals surface area contributed by atoms with Crippen LogP contribution in [0.4, 0.5) is 4.79 Å². The van der Waals surface area contributed by atoms with E-state index in [-0.39, 0.29) is 6.09 Å². The molecular formula is C17H32N2O2. The first-order valence-electron chi connectivity index (χ1n) is 8.27. The highest BCUT2D eigenvalue weighted by Gasteiger charge is 2.22. The van der Waals surface area contributed by atoms with E-state index in [0.717, 1.165) is 12.5 Å². The minimum Gasteiger partial charge on any atom is -0.444 e. The minimum atomic E-state index is -0.439. The molecule has 4 nitrogen and oxygen atoms in total. The smallest absolute Gasteiger partial charge is 0.407 e. The summed E-state index contributed by atoms with van der Waals surface area (Å²) in [5.41, 5.74) is -0.439. The van der Waals surface area contributed by atoms with E-state index < -0.39 is 5.60 Å². The molecule has 1 saturated carbocycles. The van der Waals surface area contributed by atoms with Gasteiger partial charge in [0.2, 0.25) is 0 Å². The van der Waals surface area contributed by atoms with Gasteiger partial charge in [0.1, 0.15) is 5.60 Å². The highest BCUT2D eigenvalue weighted by Crippen LogP contribution is 2.26. The number of carbonyl (C=O) groups is 1. The van der Waals surface area contributed by atoms with Gasteiger partial charge in [-0.05, 0) is 39.5 Å². The number of hydrogen-bond donors (Lipinski definition) is 2. The van der Waals surface area contributed by atoms with Crippen molar-refractivity contribution in [1.82, 2.24) is 10.6 Å². The molecule has 0 bridgehead atoms. The molecule has 0 saturated heterocycles. The SMILES string of the molecule is CCC1CCCCC1NC/C=C/CNC(=O)OC(C)(C)C. The molecule has 122 valence electrons. The Morgan fingerprint density at radius 2 is 1.86 bits per heavy atom. The molecule has 2 N–H and O–H groups in total. The summed E-state index contributed by atoms with van der Waals surface area (Å²) in [5.74, 6) is 0.826. The fourth-order valence-corrected chi connectivity index (χ4v) is 2.81. The molecule has 1 amide bonds. The van der Waals surface area contributed by atoms with Crippen molar-refractivity contribution >= 4 is 6.09 Å². The Kier molecular flexibility index (Phi) is 7.79. The normalized spacial score (nSPS) is 23.2. The molecule has 2 atom stereocenters. The van der Waals surface area contributed by atoms with E-state index in [9.17, 15) is 4.79 Å². The fourth-order valence-electron chi connectivity index (χ4n) is 2.81. The Hall–Kier alpha value is -1.03. The summed E-state index contributed by atoms with van der Waals surface area (Å²) in [6.07, 6.45) is 10.3. The second kappa shape index (κ2) is 9.08. The van der Waals surface area contributed by atoms with E-state index >= 15 is 0 Å². The zero-order valence-corrected chi connectivity index (χ0v) is 14.1. The van der Waals surface area contributed by atoms with Crippen LogP contribution in [0.15, 0.2) is 12.2 Å². The number of nitrogens with one attached hydrogen (secondary N) is 2. The van der Waals surface area contributed by atoms with E-state index in [1.54, 1.807) is 0 Å². The molecule has 1 rings (SSSR count). The Balaban J connectivity index is 2.13. The molecule has 0 aromatic rings. The number of ether oxygens (including phenoxy) is 1. The summed E-state index contributed by atoms with van der Waals surface area (Å²) >= 11 is 0. The van der Waals surface area contributed by atoms with Gasteiger partial charge in [0.15, 0.2) is 0 Å². The van der Waals surface area contributed by atoms with E-state index in [1.165, 1.54) is 32.1 Å². The van der Waals surface area contributed by atoms with E-state index in [2.05, 4.69) is 23.6 Å². The molecule has 0 spiro atoms. The average Bonchev–Trinajstić information content (AvgIpc) is 2.41. The monoisotopic (exact) mass is 296 g/mol. The highest BCUT2D eigenvalue weighted by atomic mass is 16.6. The maximum Gasteiger partial charge on any atom is 0.407 e. The predicted octanol–water partition coefficient (Wildman–Crippen LogP) is 3.63. The van der Waals surface area contributed by atoms with Crippen LogP contribution >= 0.6 is 0 Å². The molecule has 21 heavy (non-hydrogen) atoms. The summed E-state index contributed by atoms with van der Waals surface area (Å²) in [5, 5.41) is 6.34. The van der Waals surface area contributed by atoms with Crippen molar-refractivity contribution in [3.05, 3.63) is 12.2 Å². The lowest BCUT2D eigenvalue weighted by molar-refractivity contribution is 0.0534. The zero-order valence-electron chi connectivity index (χ0n) is 14.1. The van der Waals surface area contributed by atoms with Gasteiger partial charge in [-0.2, -0.15) is 0 Å². The summed E-state index contributed by atoms with van der Waals surface area (Å²) in [6.45, 7) is 9.25. The van der Waals surface area contributed by atoms with Gasteiger partial charge in [-0.15, -0.1) is 0 Å². The number of amides is 1. The molecule has 4 heteroatoms. The minimum absolute atomic E-state index is 0.363. The number of carbonyl (C=O) groups excluding carboxylic acids is 1. The van der Waals surface area contributed by atoms with Gasteiger partial charge in [-0.3, -0.25) is 0 Å². The maximum atomic E-state index is 11.4. The van der Waals surface area contributed by atoms with Crippen molar-refractivity contribution in [2.24, 2.45) is 5.92 Å². The van der Waals surface area contributed by atoms with Crippen LogP contribution in [0.5, 0.6) is 0 Å². The molecule has 0 radical (unpaired) electrons. The van der Waals surface area contributed by atoms with Crippen LogP contribution in [-0.2, 0) is 4.74 Å². The first kappa shape index (κ1) is 18.0. The summed E-state index contributed by atoms with van der Waals surface area (Å²) < 4.78 is 5.17. The van der Waals surface area contributed by atoms with Gasteiger partial charge in [-0.1, -0.05) is 38.3 Å². The largest absolute Gasteiger partial charge is 0.444 e. The van der Waals surface area contributed by atoms with Gasteiger partial charge in [0.05, 0.1) is 0 Å². The summed E-state index contributed by atoms with van der Waals surface area (Å²) in [4.78, 5) is 11.4. The molecule has 1 fully saturated rings. The molecule has 0 heterocycles. The van der Waals surface area contributed by atoms with Gasteiger partial charge in [-0.25, -0.2) is 4.79 Å². The first-order chi connectivity index (χ1) is 9.92. The molecule has 0 aromatic carbocycles. The van der Waals surface area contributed by atoms with Crippen LogP contribution in [0.3, 0.4) is 0 Å². The summed E-state index contributed by atoms with van der Waals surface area (Å²) in [6, 6.07) is 0.659. The second-order valence-electron chi connectivity index (χ2n) is 6.82. The number of alkyl carbamates (subject to hydrolysis) is 1. The molecule has 0 aromatic heterocycles. The Morgan fingerprint density at radius 1 is 1.19 bits per heavy atom. The first-order valence-corrected chi connectivity index (χ1v) is 8.27. The number of hydrogen-bond acceptors (Lipinski definition) is 3. The molecule has 1 aliphatic rings. The van der Waals surface area contributed by atoms with Crippen LogP contribution in [0, 0.1) is 5.92 Å². The maximum absolute atomic E-state index is 11.4. The van der Waals surface area contributed by atoms with E-state index in [0.29, 0.717) is 12.6 Å². The van der Waals surface area contributed by atoms with Crippen LogP contribution in [0.1, 0.15) is 59.8 Å². The Bertz CT molecular complexity index is 334. The van der Waals surface area contributed by atoms with E-state index in [1.807, 2.05) is 26.8 Å². The van der Waals surface area contributed by atoms with Crippen molar-refractivity contribution < 1.29 is 9.53 Å². The molecule has 1 aliphatic carbocycles. The second-order valence-corrected chi connectivity index (χ2v) is 6.82. The quantitative estimate of drug-likeness (QED) is 0.736. The van der Waals surface area contributed by atoms with Crippen molar-refractivity contribution in [2.75, 3.05) is 13.1 Å². The summed E-state index contributed by atoms with van der Waals surface area (Å²) in [7, 11) is 0. The van der Waals surface area contributed by atoms with Crippen LogP contribution < -0.4 is 10.6 Å². The Labute approximate surface area is 129 Å². The lowest BCUT2D eigenvalue weighted by Gasteiger charge is -2.31. The third kappa shape index (κ3) is 8.10. The Morgan fingerprint density at radius 3 is 2.52 bits per heavy atom. The zero-order chi connectivity index (χ0) is 15.7. The lowest BCUT2D eigenvalue weighted by atomic mass is 9.83. The topological polar surface area (TPSA) is 50.4 Å². The number of rotatable bonds is 6. The third-order valence-electron chi connectivity index (χ3n) is 3.86. The molecule has 2 unspecified atom stereocenters. The van der Waals surface area contributed by atoms with Gasteiger partial charge < -0.3 is 15.4 Å². The fraction of sp³-hybridized carbons (Fsp3) is 0.824. The van der Waals surface area contributed by atoms with Gasteiger partial charge in [0, 0.05) is 19.1 Å². The van der Waals surface area contributed by atoms with E-state index in [4.69, 9.17) is 4.74 Å². The van der Waals surface area contributed by atoms with Crippen molar-refractivity contribution in [3.8, 4) is 0 Å². The predicted molar refractivity (Wildman–Crippen MR) is 87.4 cm³/mol. The highest BCUT2D eigenvalue weighted by molar-refractivity contribution is 5.67. The van der Waals surface area contributed by atoms with Crippen molar-refractivity contribution in [2.45, 2.75) is 71.4 Å². The molecular weight excluding hydrogens is 264 g/mol. The average molecular weight is 296 g/mol.